The summed E-state index contributed by atoms with van der Waals surface area (Å²) in [5.41, 5.74) is 0. The van der Waals surface area contributed by atoms with Crippen LogP contribution in [0.25, 0.3) is 0 Å². The minimum atomic E-state index is -0.567. The topological polar surface area (TPSA) is 61.8 Å². The molecule has 0 aliphatic heterocycles. The van der Waals surface area contributed by atoms with Gasteiger partial charge in [0, 0.05) is 19.4 Å². The van der Waals surface area contributed by atoms with Crippen LogP contribution >= 0.6 is 0 Å². The van der Waals surface area contributed by atoms with E-state index in [-0.39, 0.29) is 25.2 Å². The fourth-order valence-corrected chi connectivity index (χ4v) is 5.92. The Morgan fingerprint density at radius 3 is 1.36 bits per heavy atom. The lowest BCUT2D eigenvalue weighted by Crippen LogP contribution is -2.30. The summed E-state index contributed by atoms with van der Waals surface area (Å²) in [5, 5.41) is 0. The first-order valence-electron chi connectivity index (χ1n) is 23.1. The fraction of sp³-hybridized carbons (Fsp3) is 0.686. The average molecular weight is 779 g/mol. The molecule has 5 heteroatoms. The lowest BCUT2D eigenvalue weighted by molar-refractivity contribution is -0.163. The van der Waals surface area contributed by atoms with Gasteiger partial charge in [-0.1, -0.05) is 176 Å². The van der Waals surface area contributed by atoms with Crippen molar-refractivity contribution in [3.8, 4) is 0 Å². The Hall–Kier alpha value is -2.92. The molecule has 1 atom stereocenters. The molecule has 5 nitrogen and oxygen atoms in total. The van der Waals surface area contributed by atoms with E-state index in [1.165, 1.54) is 83.5 Å². The van der Waals surface area contributed by atoms with Crippen molar-refractivity contribution in [3.63, 3.8) is 0 Å². The highest BCUT2D eigenvalue weighted by Gasteiger charge is 2.17. The Balaban J connectivity index is 4.37. The zero-order valence-electron chi connectivity index (χ0n) is 36.6. The zero-order valence-corrected chi connectivity index (χ0v) is 36.6. The second kappa shape index (κ2) is 46.5. The summed E-state index contributed by atoms with van der Waals surface area (Å²) in [5.74, 6) is -0.484. The van der Waals surface area contributed by atoms with Crippen molar-refractivity contribution in [2.24, 2.45) is 0 Å². The third-order valence-corrected chi connectivity index (χ3v) is 9.38. The minimum absolute atomic E-state index is 0.0465. The van der Waals surface area contributed by atoms with Crippen LogP contribution in [0.5, 0.6) is 0 Å². The summed E-state index contributed by atoms with van der Waals surface area (Å²) in [6.07, 6.45) is 60.1. The number of ether oxygens (including phenoxy) is 3. The second-order valence-corrected chi connectivity index (χ2v) is 14.9. The van der Waals surface area contributed by atoms with E-state index in [1.807, 2.05) is 0 Å². The maximum atomic E-state index is 12.7. The van der Waals surface area contributed by atoms with Gasteiger partial charge in [-0.05, 0) is 96.3 Å². The maximum absolute atomic E-state index is 12.7. The molecule has 0 heterocycles. The van der Waals surface area contributed by atoms with Crippen molar-refractivity contribution < 1.29 is 23.8 Å². The van der Waals surface area contributed by atoms with Gasteiger partial charge in [-0.2, -0.15) is 0 Å². The van der Waals surface area contributed by atoms with E-state index in [4.69, 9.17) is 14.2 Å². The third kappa shape index (κ3) is 43.8. The molecule has 0 spiro atoms. The van der Waals surface area contributed by atoms with Crippen molar-refractivity contribution in [3.05, 3.63) is 85.1 Å². The van der Waals surface area contributed by atoms with Crippen molar-refractivity contribution in [2.75, 3.05) is 19.8 Å². The molecule has 0 amide bonds. The Kier molecular flexibility index (Phi) is 44.0. The lowest BCUT2D eigenvalue weighted by atomic mass is 10.1. The first-order valence-corrected chi connectivity index (χ1v) is 23.1. The van der Waals surface area contributed by atoms with E-state index in [0.717, 1.165) is 83.5 Å². The zero-order chi connectivity index (χ0) is 40.7. The number of allylic oxidation sites excluding steroid dienone is 14. The van der Waals surface area contributed by atoms with Gasteiger partial charge in [-0.25, -0.2) is 0 Å². The molecule has 0 aliphatic carbocycles. The van der Waals surface area contributed by atoms with Crippen LogP contribution in [0, 0.1) is 0 Å². The molecule has 0 aromatic heterocycles. The molecule has 0 rings (SSSR count). The van der Waals surface area contributed by atoms with Gasteiger partial charge in [-0.3, -0.25) is 9.59 Å². The summed E-state index contributed by atoms with van der Waals surface area (Å²) < 4.78 is 17.2. The van der Waals surface area contributed by atoms with Crippen molar-refractivity contribution in [1.82, 2.24) is 0 Å². The summed E-state index contributed by atoms with van der Waals surface area (Å²) in [4.78, 5) is 25.2. The number of hydrogen-bond donors (Lipinski definition) is 0. The van der Waals surface area contributed by atoms with Gasteiger partial charge in [0.15, 0.2) is 6.10 Å². The molecule has 56 heavy (non-hydrogen) atoms. The Bertz CT molecular complexity index is 1060. The highest BCUT2D eigenvalue weighted by atomic mass is 16.6. The summed E-state index contributed by atoms with van der Waals surface area (Å²) in [6, 6.07) is 0. The highest BCUT2D eigenvalue weighted by molar-refractivity contribution is 5.70. The van der Waals surface area contributed by atoms with Crippen molar-refractivity contribution >= 4 is 11.9 Å². The molecule has 0 saturated heterocycles. The molecule has 0 aromatic rings. The molecule has 0 saturated carbocycles. The number of carbonyl (C=O) groups excluding carboxylic acids is 2. The van der Waals surface area contributed by atoms with Crippen LogP contribution in [0.15, 0.2) is 85.1 Å². The van der Waals surface area contributed by atoms with Gasteiger partial charge in [0.2, 0.25) is 0 Å². The predicted molar refractivity (Wildman–Crippen MR) is 242 cm³/mol. The van der Waals surface area contributed by atoms with Crippen LogP contribution in [0.4, 0.5) is 0 Å². The van der Waals surface area contributed by atoms with Crippen LogP contribution in [-0.4, -0.2) is 37.9 Å². The van der Waals surface area contributed by atoms with E-state index < -0.39 is 6.10 Å². The smallest absolute Gasteiger partial charge is 0.306 e. The molecule has 0 aliphatic rings. The van der Waals surface area contributed by atoms with Gasteiger partial charge >= 0.3 is 11.9 Å². The first-order chi connectivity index (χ1) is 27.6. The standard InChI is InChI=1S/C51H86O5/c1-4-7-10-13-16-19-22-24-25-26-27-28-30-32-35-38-41-44-50(52)55-48-49(47-54-46-43-40-37-34-31-23-20-17-14-11-8-5-2)56-51(53)45-42-39-36-33-29-21-18-15-12-9-6-3/h7,10,14-19,24-25,27-28,32,35,49H,4-6,8-9,11-13,20-23,26,29-31,33-34,36-48H2,1-3H3/b10-7-,17-14-,18-15-,19-16-,25-24-,28-27-,35-32-. The van der Waals surface area contributed by atoms with Crippen LogP contribution in [0.2, 0.25) is 0 Å². The monoisotopic (exact) mass is 779 g/mol. The normalized spacial score (nSPS) is 13.0. The number of unbranched alkanes of at least 4 members (excludes halogenated alkanes) is 16. The van der Waals surface area contributed by atoms with E-state index in [1.54, 1.807) is 0 Å². The Morgan fingerprint density at radius 2 is 0.821 bits per heavy atom. The number of hydrogen-bond acceptors (Lipinski definition) is 5. The molecule has 0 aromatic carbocycles. The van der Waals surface area contributed by atoms with Gasteiger partial charge in [-0.15, -0.1) is 0 Å². The van der Waals surface area contributed by atoms with Crippen molar-refractivity contribution in [1.29, 1.82) is 0 Å². The Labute approximate surface area is 346 Å². The minimum Gasteiger partial charge on any atom is -0.462 e. The SMILES string of the molecule is CC/C=C\C/C=C\C/C=C\C/C=C\C/C=C\CCCC(=O)OCC(COCCCCCCCC/C=C\CCCC)OC(=O)CCCCCCC/C=C\CCCC. The molecular weight excluding hydrogens is 693 g/mol. The van der Waals surface area contributed by atoms with Gasteiger partial charge in [0.25, 0.3) is 0 Å². The summed E-state index contributed by atoms with van der Waals surface area (Å²) in [6.45, 7) is 7.55. The van der Waals surface area contributed by atoms with Gasteiger partial charge in [0.05, 0.1) is 6.61 Å². The second-order valence-electron chi connectivity index (χ2n) is 14.9. The molecule has 320 valence electrons. The van der Waals surface area contributed by atoms with Gasteiger partial charge < -0.3 is 14.2 Å². The predicted octanol–water partition coefficient (Wildman–Crippen LogP) is 15.3. The van der Waals surface area contributed by atoms with Crippen LogP contribution in [-0.2, 0) is 23.8 Å². The molecular formula is C51H86O5. The molecule has 0 bridgehead atoms. The Morgan fingerprint density at radius 1 is 0.411 bits per heavy atom. The first kappa shape index (κ1) is 53.1. The fourth-order valence-electron chi connectivity index (χ4n) is 5.92. The van der Waals surface area contributed by atoms with Crippen LogP contribution in [0.1, 0.15) is 201 Å². The van der Waals surface area contributed by atoms with Crippen molar-refractivity contribution in [2.45, 2.75) is 207 Å². The number of carbonyl (C=O) groups is 2. The molecule has 0 fully saturated rings. The highest BCUT2D eigenvalue weighted by Crippen LogP contribution is 2.12. The van der Waals surface area contributed by atoms with Crippen LogP contribution in [0.3, 0.4) is 0 Å². The van der Waals surface area contributed by atoms with E-state index in [2.05, 4.69) is 106 Å². The maximum Gasteiger partial charge on any atom is 0.306 e. The molecule has 0 N–H and O–H groups in total. The lowest BCUT2D eigenvalue weighted by Gasteiger charge is -2.18. The van der Waals surface area contributed by atoms with E-state index in [0.29, 0.717) is 19.4 Å². The average Bonchev–Trinajstić information content (AvgIpc) is 3.20. The van der Waals surface area contributed by atoms with Crippen LogP contribution < -0.4 is 0 Å². The number of rotatable bonds is 41. The quantitative estimate of drug-likeness (QED) is 0.0351. The van der Waals surface area contributed by atoms with E-state index >= 15 is 0 Å². The summed E-state index contributed by atoms with van der Waals surface area (Å²) >= 11 is 0. The largest absolute Gasteiger partial charge is 0.462 e. The van der Waals surface area contributed by atoms with E-state index in [9.17, 15) is 9.59 Å². The molecule has 1 unspecified atom stereocenters. The van der Waals surface area contributed by atoms with Gasteiger partial charge in [0.1, 0.15) is 6.61 Å². The summed E-state index contributed by atoms with van der Waals surface area (Å²) in [7, 11) is 0. The molecule has 0 radical (unpaired) electrons. The number of esters is 2. The third-order valence-electron chi connectivity index (χ3n) is 9.38.